The van der Waals surface area contributed by atoms with Crippen LogP contribution in [0.5, 0.6) is 0 Å². The number of nitrogen functional groups attached to an aromatic ring is 1. The number of benzene rings is 1. The van der Waals surface area contributed by atoms with Crippen LogP contribution in [0.2, 0.25) is 0 Å². The van der Waals surface area contributed by atoms with Crippen LogP contribution >= 0.6 is 0 Å². The largest absolute Gasteiger partial charge is 0.383 e. The van der Waals surface area contributed by atoms with E-state index in [4.69, 9.17) is 10.3 Å². The second kappa shape index (κ2) is 8.26. The predicted molar refractivity (Wildman–Crippen MR) is 132 cm³/mol. The van der Waals surface area contributed by atoms with E-state index in [-0.39, 0.29) is 28.8 Å². The van der Waals surface area contributed by atoms with Gasteiger partial charge in [-0.25, -0.2) is 23.8 Å². The lowest BCUT2D eigenvalue weighted by Crippen LogP contribution is -2.26. The Morgan fingerprint density at radius 3 is 2.75 bits per heavy atom. The highest BCUT2D eigenvalue weighted by Crippen LogP contribution is 2.48. The summed E-state index contributed by atoms with van der Waals surface area (Å²) >= 11 is 0. The first-order chi connectivity index (χ1) is 17.3. The molecule has 0 bridgehead atoms. The van der Waals surface area contributed by atoms with Crippen molar-refractivity contribution in [2.45, 2.75) is 37.1 Å². The van der Waals surface area contributed by atoms with Crippen molar-refractivity contribution in [3.8, 4) is 11.3 Å². The average molecular weight is 492 g/mol. The summed E-state index contributed by atoms with van der Waals surface area (Å²) in [6.45, 7) is 0.856. The zero-order valence-electron chi connectivity index (χ0n) is 20.0. The third-order valence-electron chi connectivity index (χ3n) is 6.66. The number of urea groups is 1. The van der Waals surface area contributed by atoms with Crippen molar-refractivity contribution >= 4 is 34.5 Å². The number of hydrogen-bond donors (Lipinski definition) is 3. The molecule has 0 atom stereocenters. The third-order valence-corrected chi connectivity index (χ3v) is 6.66. The first-order valence-corrected chi connectivity index (χ1v) is 11.8. The summed E-state index contributed by atoms with van der Waals surface area (Å²) in [5.41, 5.74) is 8.55. The molecule has 4 aromatic rings. The van der Waals surface area contributed by atoms with Gasteiger partial charge in [0.15, 0.2) is 5.65 Å². The summed E-state index contributed by atoms with van der Waals surface area (Å²) < 4.78 is 22.2. The Kier molecular flexibility index (Phi) is 5.14. The molecular formula is C24H26FN9O2. The first-order valence-electron chi connectivity index (χ1n) is 11.8. The van der Waals surface area contributed by atoms with Gasteiger partial charge >= 0.3 is 6.03 Å². The maximum absolute atomic E-state index is 15.0. The summed E-state index contributed by atoms with van der Waals surface area (Å²) in [6.07, 6.45) is 5.46. The molecule has 2 saturated carbocycles. The number of aromatic nitrogens is 5. The van der Waals surface area contributed by atoms with Crippen molar-refractivity contribution in [2.24, 2.45) is 0 Å². The number of nitrogens with one attached hydrogen (secondary N) is 2. The molecule has 36 heavy (non-hydrogen) atoms. The molecule has 6 rings (SSSR count). The van der Waals surface area contributed by atoms with Crippen LogP contribution in [0.15, 0.2) is 35.1 Å². The van der Waals surface area contributed by atoms with E-state index in [2.05, 4.69) is 35.8 Å². The number of carbonyl (C=O) groups excluding carboxylic acids is 1. The lowest BCUT2D eigenvalue weighted by molar-refractivity contribution is 0.261. The van der Waals surface area contributed by atoms with Gasteiger partial charge < -0.3 is 20.5 Å². The van der Waals surface area contributed by atoms with Crippen molar-refractivity contribution in [1.82, 2.24) is 29.8 Å². The van der Waals surface area contributed by atoms with E-state index in [1.165, 1.54) is 18.5 Å². The Balaban J connectivity index is 1.19. The van der Waals surface area contributed by atoms with Crippen LogP contribution < -0.4 is 16.4 Å². The molecule has 4 N–H and O–H groups in total. The zero-order chi connectivity index (χ0) is 25.0. The molecule has 0 radical (unpaired) electrons. The number of likely N-dealkylation sites (N-methyl/N-ethyl adjacent to an activating group) is 1. The van der Waals surface area contributed by atoms with Crippen molar-refractivity contribution in [3.05, 3.63) is 42.1 Å². The van der Waals surface area contributed by atoms with Crippen LogP contribution in [0.4, 0.5) is 26.6 Å². The fourth-order valence-corrected chi connectivity index (χ4v) is 4.64. The Morgan fingerprint density at radius 2 is 2.06 bits per heavy atom. The molecule has 12 heteroatoms. The quantitative estimate of drug-likeness (QED) is 0.355. The molecule has 2 aliphatic rings. The van der Waals surface area contributed by atoms with Crippen LogP contribution in [0.1, 0.15) is 37.4 Å². The molecule has 2 aliphatic carbocycles. The Hall–Kier alpha value is -4.06. The van der Waals surface area contributed by atoms with Gasteiger partial charge in [0.2, 0.25) is 5.88 Å². The number of hydrogen-bond acceptors (Lipinski definition) is 8. The van der Waals surface area contributed by atoms with Gasteiger partial charge in [0, 0.05) is 23.6 Å². The molecule has 3 aromatic heterocycles. The number of fused-ring (bicyclic) bond motifs is 1. The minimum atomic E-state index is -0.636. The van der Waals surface area contributed by atoms with Gasteiger partial charge in [0.25, 0.3) is 0 Å². The Bertz CT molecular complexity index is 1470. The van der Waals surface area contributed by atoms with Gasteiger partial charge in [-0.05, 0) is 51.9 Å². The molecule has 186 valence electrons. The molecule has 0 unspecified atom stereocenters. The molecule has 0 aliphatic heterocycles. The van der Waals surface area contributed by atoms with E-state index in [1.807, 2.05) is 18.8 Å². The zero-order valence-corrected chi connectivity index (χ0v) is 20.0. The van der Waals surface area contributed by atoms with E-state index in [1.54, 1.807) is 12.1 Å². The van der Waals surface area contributed by atoms with Crippen LogP contribution in [-0.2, 0) is 5.41 Å². The number of halogens is 1. The summed E-state index contributed by atoms with van der Waals surface area (Å²) in [7, 11) is 4.02. The van der Waals surface area contributed by atoms with E-state index < -0.39 is 11.8 Å². The highest BCUT2D eigenvalue weighted by molar-refractivity contribution is 6.00. The molecule has 1 aromatic carbocycles. The van der Waals surface area contributed by atoms with Crippen molar-refractivity contribution in [2.75, 3.05) is 37.0 Å². The number of amides is 2. The summed E-state index contributed by atoms with van der Waals surface area (Å²) in [4.78, 5) is 23.0. The number of nitrogens with two attached hydrogens (primary N) is 1. The Morgan fingerprint density at radius 1 is 1.25 bits per heavy atom. The van der Waals surface area contributed by atoms with Crippen LogP contribution in [0.3, 0.4) is 0 Å². The molecule has 2 fully saturated rings. The third kappa shape index (κ3) is 4.02. The predicted octanol–water partition coefficient (Wildman–Crippen LogP) is 3.77. The van der Waals surface area contributed by atoms with Gasteiger partial charge in [-0.1, -0.05) is 11.2 Å². The highest BCUT2D eigenvalue weighted by Gasteiger charge is 2.47. The second-order valence-corrected chi connectivity index (χ2v) is 9.85. The van der Waals surface area contributed by atoms with E-state index >= 15 is 4.39 Å². The van der Waals surface area contributed by atoms with Crippen LogP contribution in [0.25, 0.3) is 22.3 Å². The molecular weight excluding hydrogens is 465 g/mol. The maximum Gasteiger partial charge on any atom is 0.326 e. The standard InChI is InChI=1S/C24H26FN9O2/c1-33(2)11-24(7-8-24)17-10-18(36-32-17)30-23(35)29-16-6-3-13(9-15(16)25)20-19-21(26)27-12-28-22(19)34(31-20)14-4-5-14/h3,6,9-10,12,14H,4-5,7-8,11H2,1-2H3,(H2,26,27,28)(H2,29,30,35). The minimum Gasteiger partial charge on any atom is -0.383 e. The van der Waals surface area contributed by atoms with E-state index in [0.29, 0.717) is 22.3 Å². The molecule has 3 heterocycles. The fraction of sp³-hybridized carbons (Fsp3) is 0.375. The fourth-order valence-electron chi connectivity index (χ4n) is 4.64. The van der Waals surface area contributed by atoms with Gasteiger partial charge in [0.1, 0.15) is 23.7 Å². The van der Waals surface area contributed by atoms with Crippen LogP contribution in [0, 0.1) is 5.82 Å². The smallest absolute Gasteiger partial charge is 0.326 e. The Labute approximate surface area is 205 Å². The summed E-state index contributed by atoms with van der Waals surface area (Å²) in [5, 5.41) is 14.5. The van der Waals surface area contributed by atoms with E-state index in [9.17, 15) is 4.79 Å². The number of carbonyl (C=O) groups is 1. The highest BCUT2D eigenvalue weighted by atomic mass is 19.1. The normalized spacial score (nSPS) is 16.4. The maximum atomic E-state index is 15.0. The molecule has 11 nitrogen and oxygen atoms in total. The van der Waals surface area contributed by atoms with E-state index in [0.717, 1.165) is 37.9 Å². The SMILES string of the molecule is CN(C)CC1(c2cc(NC(=O)Nc3ccc(-c4nn(C5CC5)c5ncnc(N)c45)cc3F)on2)CC1. The average Bonchev–Trinajstić information content (AvgIpc) is 3.74. The topological polar surface area (TPSA) is 140 Å². The van der Waals surface area contributed by atoms with Crippen molar-refractivity contribution in [3.63, 3.8) is 0 Å². The molecule has 2 amide bonds. The lowest BCUT2D eigenvalue weighted by Gasteiger charge is -2.17. The lowest BCUT2D eigenvalue weighted by atomic mass is 10.0. The first kappa shape index (κ1) is 22.4. The number of nitrogens with zero attached hydrogens (tertiary/aromatic N) is 6. The molecule has 0 spiro atoms. The minimum absolute atomic E-state index is 0.0115. The number of rotatable bonds is 7. The van der Waals surface area contributed by atoms with Crippen LogP contribution in [-0.4, -0.2) is 56.5 Å². The second-order valence-electron chi connectivity index (χ2n) is 9.85. The van der Waals surface area contributed by atoms with Gasteiger partial charge in [-0.15, -0.1) is 0 Å². The van der Waals surface area contributed by atoms with Gasteiger partial charge in [-0.3, -0.25) is 5.32 Å². The molecule has 0 saturated heterocycles. The number of anilines is 3. The van der Waals surface area contributed by atoms with Gasteiger partial charge in [-0.2, -0.15) is 5.10 Å². The summed E-state index contributed by atoms with van der Waals surface area (Å²) in [6, 6.07) is 5.82. The van der Waals surface area contributed by atoms with Crippen molar-refractivity contribution < 1.29 is 13.7 Å². The summed E-state index contributed by atoms with van der Waals surface area (Å²) in [5.74, 6) is -0.126. The monoisotopic (exact) mass is 491 g/mol. The van der Waals surface area contributed by atoms with Crippen molar-refractivity contribution in [1.29, 1.82) is 0 Å². The van der Waals surface area contributed by atoms with Gasteiger partial charge in [0.05, 0.1) is 22.8 Å².